The summed E-state index contributed by atoms with van der Waals surface area (Å²) in [5.74, 6) is 5.57. The van der Waals surface area contributed by atoms with E-state index >= 15 is 0 Å². The van der Waals surface area contributed by atoms with Crippen molar-refractivity contribution in [2.45, 2.75) is 24.8 Å². The lowest BCUT2D eigenvalue weighted by molar-refractivity contribution is 0.580. The Kier molecular flexibility index (Phi) is 4.65. The van der Waals surface area contributed by atoms with E-state index in [2.05, 4.69) is 20.1 Å². The first kappa shape index (κ1) is 14.9. The molecule has 0 atom stereocenters. The van der Waals surface area contributed by atoms with Gasteiger partial charge in [-0.05, 0) is 18.6 Å². The molecule has 108 valence electrons. The van der Waals surface area contributed by atoms with Gasteiger partial charge in [-0.3, -0.25) is 0 Å². The molecule has 0 spiro atoms. The SMILES string of the molecule is CCc1cnc(CNS(=O)(=O)c2ccc(NN)nc2)s1. The van der Waals surface area contributed by atoms with Gasteiger partial charge in [-0.2, -0.15) is 0 Å². The highest BCUT2D eigenvalue weighted by Crippen LogP contribution is 2.15. The van der Waals surface area contributed by atoms with E-state index in [0.717, 1.165) is 16.3 Å². The van der Waals surface area contributed by atoms with Crippen LogP contribution >= 0.6 is 11.3 Å². The zero-order valence-corrected chi connectivity index (χ0v) is 12.5. The first-order chi connectivity index (χ1) is 9.55. The molecule has 0 amide bonds. The Hall–Kier alpha value is -1.55. The molecule has 2 aromatic heterocycles. The van der Waals surface area contributed by atoms with Gasteiger partial charge in [0.25, 0.3) is 0 Å². The Morgan fingerprint density at radius 1 is 1.30 bits per heavy atom. The highest BCUT2D eigenvalue weighted by molar-refractivity contribution is 7.89. The van der Waals surface area contributed by atoms with E-state index in [4.69, 9.17) is 5.84 Å². The first-order valence-corrected chi connectivity index (χ1v) is 8.21. The molecule has 0 aliphatic carbocycles. The molecular weight excluding hydrogens is 298 g/mol. The molecule has 2 heterocycles. The van der Waals surface area contributed by atoms with Crippen LogP contribution in [0.1, 0.15) is 16.8 Å². The molecule has 0 aliphatic heterocycles. The number of nitrogens with one attached hydrogen (secondary N) is 2. The standard InChI is InChI=1S/C11H15N5O2S2/c1-2-8-5-14-11(19-8)7-15-20(17,18)9-3-4-10(16-12)13-6-9/h3-6,15H,2,7,12H2,1H3,(H,13,16). The number of rotatable bonds is 6. The first-order valence-electron chi connectivity index (χ1n) is 5.91. The second kappa shape index (κ2) is 6.27. The van der Waals surface area contributed by atoms with Gasteiger partial charge in [0.05, 0.1) is 6.54 Å². The number of anilines is 1. The normalized spacial score (nSPS) is 11.5. The lowest BCUT2D eigenvalue weighted by Crippen LogP contribution is -2.23. The summed E-state index contributed by atoms with van der Waals surface area (Å²) >= 11 is 1.49. The topological polar surface area (TPSA) is 110 Å². The maximum absolute atomic E-state index is 12.1. The zero-order chi connectivity index (χ0) is 14.6. The lowest BCUT2D eigenvalue weighted by atomic mass is 10.4. The molecule has 0 radical (unpaired) electrons. The number of nitrogen functional groups attached to an aromatic ring is 1. The third-order valence-corrected chi connectivity index (χ3v) is 5.09. The Morgan fingerprint density at radius 3 is 2.65 bits per heavy atom. The number of pyridine rings is 1. The number of aromatic nitrogens is 2. The number of sulfonamides is 1. The van der Waals surface area contributed by atoms with Crippen molar-refractivity contribution in [2.75, 3.05) is 5.43 Å². The van der Waals surface area contributed by atoms with Crippen molar-refractivity contribution in [3.8, 4) is 0 Å². The van der Waals surface area contributed by atoms with Gasteiger partial charge in [-0.15, -0.1) is 11.3 Å². The van der Waals surface area contributed by atoms with Crippen LogP contribution < -0.4 is 16.0 Å². The maximum Gasteiger partial charge on any atom is 0.242 e. The van der Waals surface area contributed by atoms with Crippen LogP contribution in [0.3, 0.4) is 0 Å². The summed E-state index contributed by atoms with van der Waals surface area (Å²) in [4.78, 5) is 9.24. The smallest absolute Gasteiger partial charge is 0.242 e. The number of hydrogen-bond donors (Lipinski definition) is 3. The van der Waals surface area contributed by atoms with Crippen LogP contribution in [0.2, 0.25) is 0 Å². The van der Waals surface area contributed by atoms with Crippen molar-refractivity contribution < 1.29 is 8.42 Å². The van der Waals surface area contributed by atoms with Crippen LogP contribution in [0.4, 0.5) is 5.82 Å². The van der Waals surface area contributed by atoms with E-state index < -0.39 is 10.0 Å². The second-order valence-corrected chi connectivity index (χ2v) is 6.89. The van der Waals surface area contributed by atoms with E-state index in [1.54, 1.807) is 6.20 Å². The molecule has 9 heteroatoms. The van der Waals surface area contributed by atoms with E-state index in [9.17, 15) is 8.42 Å². The summed E-state index contributed by atoms with van der Waals surface area (Å²) in [5, 5.41) is 0.735. The summed E-state index contributed by atoms with van der Waals surface area (Å²) in [6.45, 7) is 2.20. The van der Waals surface area contributed by atoms with Gasteiger partial charge in [0.1, 0.15) is 15.7 Å². The van der Waals surface area contributed by atoms with Crippen LogP contribution in [0.5, 0.6) is 0 Å². The molecule has 2 rings (SSSR count). The van der Waals surface area contributed by atoms with Gasteiger partial charge in [0.15, 0.2) is 0 Å². The Balaban J connectivity index is 2.06. The number of nitrogens with zero attached hydrogens (tertiary/aromatic N) is 2. The van der Waals surface area contributed by atoms with Gasteiger partial charge in [-0.25, -0.2) is 29.0 Å². The van der Waals surface area contributed by atoms with Crippen molar-refractivity contribution in [3.05, 3.63) is 34.4 Å². The fraction of sp³-hybridized carbons (Fsp3) is 0.273. The van der Waals surface area contributed by atoms with Crippen LogP contribution in [0.25, 0.3) is 0 Å². The van der Waals surface area contributed by atoms with E-state index in [1.807, 2.05) is 6.92 Å². The summed E-state index contributed by atoms with van der Waals surface area (Å²) in [6.07, 6.45) is 3.90. The van der Waals surface area contributed by atoms with Crippen molar-refractivity contribution >= 4 is 27.2 Å². The molecule has 7 nitrogen and oxygen atoms in total. The van der Waals surface area contributed by atoms with Crippen molar-refractivity contribution in [3.63, 3.8) is 0 Å². The highest BCUT2D eigenvalue weighted by atomic mass is 32.2. The minimum Gasteiger partial charge on any atom is -0.308 e. The Labute approximate surface area is 121 Å². The van der Waals surface area contributed by atoms with Gasteiger partial charge >= 0.3 is 0 Å². The number of nitrogens with two attached hydrogens (primary N) is 1. The summed E-state index contributed by atoms with van der Waals surface area (Å²) in [7, 11) is -3.60. The Bertz CT molecular complexity index is 666. The largest absolute Gasteiger partial charge is 0.308 e. The second-order valence-electron chi connectivity index (χ2n) is 3.92. The molecule has 2 aromatic rings. The third kappa shape index (κ3) is 3.51. The molecule has 0 bridgehead atoms. The summed E-state index contributed by atoms with van der Waals surface area (Å²) in [5.41, 5.74) is 2.34. The van der Waals surface area contributed by atoms with Gasteiger partial charge in [-0.1, -0.05) is 6.92 Å². The van der Waals surface area contributed by atoms with Crippen LogP contribution in [0, 0.1) is 0 Å². The molecule has 0 saturated heterocycles. The zero-order valence-electron chi connectivity index (χ0n) is 10.8. The average Bonchev–Trinajstić information content (AvgIpc) is 2.93. The molecule has 20 heavy (non-hydrogen) atoms. The molecule has 0 aromatic carbocycles. The van der Waals surface area contributed by atoms with Crippen molar-refractivity contribution in [2.24, 2.45) is 5.84 Å². The molecule has 0 fully saturated rings. The van der Waals surface area contributed by atoms with Gasteiger partial charge in [0, 0.05) is 17.3 Å². The number of aryl methyl sites for hydroxylation is 1. The number of thiazole rings is 1. The van der Waals surface area contributed by atoms with E-state index in [1.165, 1.54) is 29.7 Å². The van der Waals surface area contributed by atoms with E-state index in [-0.39, 0.29) is 11.4 Å². The Morgan fingerprint density at radius 2 is 2.10 bits per heavy atom. The molecule has 0 aliphatic rings. The van der Waals surface area contributed by atoms with Crippen LogP contribution in [-0.2, 0) is 23.0 Å². The fourth-order valence-electron chi connectivity index (χ4n) is 1.46. The summed E-state index contributed by atoms with van der Waals surface area (Å²) in [6, 6.07) is 2.93. The van der Waals surface area contributed by atoms with Crippen LogP contribution in [-0.4, -0.2) is 18.4 Å². The molecular formula is C11H15N5O2S2. The predicted molar refractivity (Wildman–Crippen MR) is 77.6 cm³/mol. The monoisotopic (exact) mass is 313 g/mol. The number of hydrogen-bond acceptors (Lipinski definition) is 7. The predicted octanol–water partition coefficient (Wildman–Crippen LogP) is 0.865. The molecule has 0 saturated carbocycles. The van der Waals surface area contributed by atoms with Crippen molar-refractivity contribution in [1.82, 2.24) is 14.7 Å². The molecule has 4 N–H and O–H groups in total. The summed E-state index contributed by atoms with van der Waals surface area (Å²) < 4.78 is 26.6. The molecule has 0 unspecified atom stereocenters. The van der Waals surface area contributed by atoms with Gasteiger partial charge < -0.3 is 5.43 Å². The third-order valence-electron chi connectivity index (χ3n) is 2.56. The van der Waals surface area contributed by atoms with Crippen LogP contribution in [0.15, 0.2) is 29.4 Å². The lowest BCUT2D eigenvalue weighted by Gasteiger charge is -2.05. The quantitative estimate of drug-likeness (QED) is 0.539. The minimum absolute atomic E-state index is 0.0868. The average molecular weight is 313 g/mol. The van der Waals surface area contributed by atoms with Gasteiger partial charge in [0.2, 0.25) is 10.0 Å². The van der Waals surface area contributed by atoms with Crippen molar-refractivity contribution in [1.29, 1.82) is 0 Å². The number of hydrazine groups is 1. The minimum atomic E-state index is -3.60. The fourth-order valence-corrected chi connectivity index (χ4v) is 3.28. The van der Waals surface area contributed by atoms with E-state index in [0.29, 0.717) is 5.82 Å². The highest BCUT2D eigenvalue weighted by Gasteiger charge is 2.15. The maximum atomic E-state index is 12.1.